The summed E-state index contributed by atoms with van der Waals surface area (Å²) in [5, 5.41) is 9.46. The van der Waals surface area contributed by atoms with Crippen LogP contribution >= 0.6 is 0 Å². The predicted molar refractivity (Wildman–Crippen MR) is 93.6 cm³/mol. The Morgan fingerprint density at radius 1 is 1.04 bits per heavy atom. The second-order valence-corrected chi connectivity index (χ2v) is 5.82. The molecule has 0 atom stereocenters. The number of nitrogens with two attached hydrogens (primary N) is 1. The van der Waals surface area contributed by atoms with Gasteiger partial charge in [0.05, 0.1) is 5.69 Å². The molecule has 0 saturated heterocycles. The van der Waals surface area contributed by atoms with Gasteiger partial charge in [0.15, 0.2) is 0 Å². The molecule has 0 bridgehead atoms. The topological polar surface area (TPSA) is 62.7 Å². The Balaban J connectivity index is 2.34. The van der Waals surface area contributed by atoms with E-state index in [9.17, 15) is 14.0 Å². The fraction of sp³-hybridized carbons (Fsp3) is 0.100. The summed E-state index contributed by atoms with van der Waals surface area (Å²) in [6.07, 6.45) is 0. The number of pyridine rings is 1. The van der Waals surface area contributed by atoms with E-state index >= 15 is 0 Å². The Morgan fingerprint density at radius 3 is 2.32 bits per heavy atom. The molecule has 25 heavy (non-hydrogen) atoms. The molecule has 2 N–H and O–H groups in total. The Labute approximate surface area is 144 Å². The van der Waals surface area contributed by atoms with E-state index in [2.05, 4.69) is 4.98 Å². The van der Waals surface area contributed by atoms with Crippen molar-refractivity contribution in [1.29, 1.82) is 5.26 Å². The van der Waals surface area contributed by atoms with Crippen molar-refractivity contribution in [2.45, 2.75) is 13.8 Å². The maximum Gasteiger partial charge on any atom is 0.142 e. The van der Waals surface area contributed by atoms with Gasteiger partial charge in [0.1, 0.15) is 29.1 Å². The fourth-order valence-electron chi connectivity index (χ4n) is 2.83. The third-order valence-corrected chi connectivity index (χ3v) is 4.11. The fourth-order valence-corrected chi connectivity index (χ4v) is 2.83. The number of hydrogen-bond acceptors (Lipinski definition) is 3. The molecule has 0 radical (unpaired) electrons. The van der Waals surface area contributed by atoms with Gasteiger partial charge in [-0.15, -0.1) is 0 Å². The lowest BCUT2D eigenvalue weighted by molar-refractivity contribution is 0.585. The van der Waals surface area contributed by atoms with Crippen molar-refractivity contribution in [3.63, 3.8) is 0 Å². The van der Waals surface area contributed by atoms with E-state index in [0.29, 0.717) is 16.8 Å². The van der Waals surface area contributed by atoms with E-state index in [0.717, 1.165) is 23.3 Å². The van der Waals surface area contributed by atoms with Crippen LogP contribution in [0.3, 0.4) is 0 Å². The van der Waals surface area contributed by atoms with Gasteiger partial charge >= 0.3 is 0 Å². The Bertz CT molecular complexity index is 1000. The number of nitriles is 1. The number of nitrogens with zero attached hydrogens (tertiary/aromatic N) is 2. The number of rotatable bonds is 2. The smallest absolute Gasteiger partial charge is 0.142 e. The first-order valence-electron chi connectivity index (χ1n) is 7.65. The minimum atomic E-state index is -0.750. The van der Waals surface area contributed by atoms with Crippen LogP contribution in [0.5, 0.6) is 0 Å². The van der Waals surface area contributed by atoms with E-state index in [1.165, 1.54) is 6.07 Å². The molecule has 3 rings (SSSR count). The standard InChI is InChI=1S/C20H15F2N3/c1-11-3-5-13(6-4-11)19-12(2)18(16(10-23)20(24)25-19)15-8-7-14(21)9-17(15)22/h3-9H,1-2H3,(H2,24,25). The van der Waals surface area contributed by atoms with Crippen molar-refractivity contribution in [3.05, 3.63) is 70.8 Å². The molecule has 0 fully saturated rings. The first kappa shape index (κ1) is 16.6. The van der Waals surface area contributed by atoms with Gasteiger partial charge in [-0.3, -0.25) is 0 Å². The lowest BCUT2D eigenvalue weighted by atomic mass is 9.92. The Morgan fingerprint density at radius 2 is 1.72 bits per heavy atom. The van der Waals surface area contributed by atoms with Crippen molar-refractivity contribution < 1.29 is 8.78 Å². The summed E-state index contributed by atoms with van der Waals surface area (Å²) in [6, 6.07) is 12.9. The molecule has 0 aliphatic heterocycles. The Hall–Kier alpha value is -3.26. The maximum absolute atomic E-state index is 14.3. The van der Waals surface area contributed by atoms with E-state index < -0.39 is 11.6 Å². The minimum Gasteiger partial charge on any atom is -0.383 e. The van der Waals surface area contributed by atoms with Gasteiger partial charge in [-0.2, -0.15) is 5.26 Å². The van der Waals surface area contributed by atoms with Gasteiger partial charge in [0.25, 0.3) is 0 Å². The highest BCUT2D eigenvalue weighted by Gasteiger charge is 2.20. The molecule has 0 saturated carbocycles. The normalized spacial score (nSPS) is 10.5. The zero-order valence-corrected chi connectivity index (χ0v) is 13.8. The van der Waals surface area contributed by atoms with E-state index in [-0.39, 0.29) is 16.9 Å². The number of halogens is 2. The van der Waals surface area contributed by atoms with Crippen LogP contribution in [0, 0.1) is 36.8 Å². The van der Waals surface area contributed by atoms with Crippen LogP contribution in [0.4, 0.5) is 14.6 Å². The lowest BCUT2D eigenvalue weighted by Gasteiger charge is -2.15. The van der Waals surface area contributed by atoms with Crippen LogP contribution in [-0.2, 0) is 0 Å². The second-order valence-electron chi connectivity index (χ2n) is 5.82. The van der Waals surface area contributed by atoms with Crippen LogP contribution in [-0.4, -0.2) is 4.98 Å². The largest absolute Gasteiger partial charge is 0.383 e. The number of nitrogen functional groups attached to an aromatic ring is 1. The molecule has 3 aromatic rings. The highest BCUT2D eigenvalue weighted by molar-refractivity contribution is 5.84. The molecular formula is C20H15F2N3. The average molecular weight is 335 g/mol. The molecule has 1 heterocycles. The van der Waals surface area contributed by atoms with Crippen LogP contribution in [0.25, 0.3) is 22.4 Å². The van der Waals surface area contributed by atoms with Crippen molar-refractivity contribution in [2.24, 2.45) is 0 Å². The average Bonchev–Trinajstić information content (AvgIpc) is 2.58. The minimum absolute atomic E-state index is 0.0161. The molecule has 124 valence electrons. The van der Waals surface area contributed by atoms with Crippen LogP contribution < -0.4 is 5.73 Å². The van der Waals surface area contributed by atoms with E-state index in [1.807, 2.05) is 37.3 Å². The molecule has 3 nitrogen and oxygen atoms in total. The summed E-state index contributed by atoms with van der Waals surface area (Å²) < 4.78 is 27.6. The molecule has 0 amide bonds. The molecule has 2 aromatic carbocycles. The molecular weight excluding hydrogens is 320 g/mol. The van der Waals surface area contributed by atoms with E-state index in [1.54, 1.807) is 6.92 Å². The summed E-state index contributed by atoms with van der Waals surface area (Å²) in [4.78, 5) is 4.34. The van der Waals surface area contributed by atoms with Crippen molar-refractivity contribution in [3.8, 4) is 28.5 Å². The molecule has 0 unspecified atom stereocenters. The molecule has 0 aliphatic rings. The number of aromatic nitrogens is 1. The van der Waals surface area contributed by atoms with Gasteiger partial charge in [-0.05, 0) is 31.5 Å². The van der Waals surface area contributed by atoms with Crippen LogP contribution in [0.2, 0.25) is 0 Å². The SMILES string of the molecule is Cc1ccc(-c2nc(N)c(C#N)c(-c3ccc(F)cc3F)c2C)cc1. The van der Waals surface area contributed by atoms with E-state index in [4.69, 9.17) is 5.73 Å². The quantitative estimate of drug-likeness (QED) is 0.734. The monoisotopic (exact) mass is 335 g/mol. The van der Waals surface area contributed by atoms with Crippen molar-refractivity contribution >= 4 is 5.82 Å². The predicted octanol–water partition coefficient (Wildman–Crippen LogP) is 4.76. The zero-order chi connectivity index (χ0) is 18.1. The number of hydrogen-bond donors (Lipinski definition) is 1. The summed E-state index contributed by atoms with van der Waals surface area (Å²) in [5.74, 6) is -1.42. The third-order valence-electron chi connectivity index (χ3n) is 4.11. The van der Waals surface area contributed by atoms with Gasteiger partial charge < -0.3 is 5.73 Å². The lowest BCUT2D eigenvalue weighted by Crippen LogP contribution is -2.04. The van der Waals surface area contributed by atoms with Crippen molar-refractivity contribution in [1.82, 2.24) is 4.98 Å². The van der Waals surface area contributed by atoms with Crippen LogP contribution in [0.15, 0.2) is 42.5 Å². The number of benzene rings is 2. The number of aryl methyl sites for hydroxylation is 1. The van der Waals surface area contributed by atoms with Gasteiger partial charge in [0.2, 0.25) is 0 Å². The Kier molecular flexibility index (Phi) is 4.20. The summed E-state index contributed by atoms with van der Waals surface area (Å²) in [7, 11) is 0. The highest BCUT2D eigenvalue weighted by atomic mass is 19.1. The molecule has 0 aliphatic carbocycles. The first-order valence-corrected chi connectivity index (χ1v) is 7.65. The summed E-state index contributed by atoms with van der Waals surface area (Å²) >= 11 is 0. The number of anilines is 1. The second kappa shape index (κ2) is 6.33. The van der Waals surface area contributed by atoms with Crippen molar-refractivity contribution in [2.75, 3.05) is 5.73 Å². The molecule has 1 aromatic heterocycles. The molecule has 5 heteroatoms. The first-order chi connectivity index (χ1) is 11.9. The highest BCUT2D eigenvalue weighted by Crippen LogP contribution is 2.37. The van der Waals surface area contributed by atoms with Crippen LogP contribution in [0.1, 0.15) is 16.7 Å². The van der Waals surface area contributed by atoms with Gasteiger partial charge in [-0.1, -0.05) is 29.8 Å². The maximum atomic E-state index is 14.3. The third kappa shape index (κ3) is 2.94. The molecule has 0 spiro atoms. The summed E-state index contributed by atoms with van der Waals surface area (Å²) in [6.45, 7) is 3.72. The zero-order valence-electron chi connectivity index (χ0n) is 13.8. The van der Waals surface area contributed by atoms with Gasteiger partial charge in [-0.25, -0.2) is 13.8 Å². The summed E-state index contributed by atoms with van der Waals surface area (Å²) in [5.41, 5.74) is 9.57. The van der Waals surface area contributed by atoms with Gasteiger partial charge in [0, 0.05) is 22.8 Å².